The Morgan fingerprint density at radius 2 is 1.88 bits per heavy atom. The third kappa shape index (κ3) is 2.50. The molecule has 0 bridgehead atoms. The maximum absolute atomic E-state index is 5.70. The van der Waals surface area contributed by atoms with Crippen LogP contribution in [0.15, 0.2) is 4.52 Å². The van der Waals surface area contributed by atoms with Crippen LogP contribution in [0.5, 0.6) is 0 Å². The van der Waals surface area contributed by atoms with Gasteiger partial charge in [0.2, 0.25) is 11.7 Å². The van der Waals surface area contributed by atoms with E-state index >= 15 is 0 Å². The van der Waals surface area contributed by atoms with Gasteiger partial charge in [0.15, 0.2) is 0 Å². The predicted octanol–water partition coefficient (Wildman–Crippen LogP) is 1.97. The van der Waals surface area contributed by atoms with E-state index < -0.39 is 5.60 Å². The molecule has 0 spiro atoms. The molecular weight excluding hydrogens is 218 g/mol. The van der Waals surface area contributed by atoms with Gasteiger partial charge in [-0.3, -0.25) is 0 Å². The molecule has 0 fully saturated rings. The topological polar surface area (TPSA) is 74.2 Å². The van der Waals surface area contributed by atoms with Crippen molar-refractivity contribution in [3.63, 3.8) is 0 Å². The van der Waals surface area contributed by atoms with Crippen LogP contribution in [0.4, 0.5) is 0 Å². The summed E-state index contributed by atoms with van der Waals surface area (Å²) in [6, 6.07) is 0. The minimum absolute atomic E-state index is 0.299. The van der Waals surface area contributed by atoms with Gasteiger partial charge in [-0.2, -0.15) is 4.98 Å². The third-order valence-corrected chi connectivity index (χ3v) is 3.46. The number of rotatable bonds is 6. The largest absolute Gasteiger partial charge is 0.370 e. The lowest BCUT2D eigenvalue weighted by Gasteiger charge is -2.26. The van der Waals surface area contributed by atoms with Gasteiger partial charge in [0.05, 0.1) is 5.41 Å². The highest BCUT2D eigenvalue weighted by Crippen LogP contribution is 2.31. The Bertz CT molecular complexity index is 348. The summed E-state index contributed by atoms with van der Waals surface area (Å²) in [6.45, 7) is 8.54. The molecule has 98 valence electrons. The molecule has 0 aliphatic carbocycles. The second kappa shape index (κ2) is 5.14. The number of nitrogens with two attached hydrogens (primary N) is 1. The van der Waals surface area contributed by atoms with Gasteiger partial charge in [0.1, 0.15) is 5.60 Å². The van der Waals surface area contributed by atoms with Crippen LogP contribution in [0, 0.1) is 0 Å². The monoisotopic (exact) mass is 241 g/mol. The zero-order chi connectivity index (χ0) is 13.1. The highest BCUT2D eigenvalue weighted by Gasteiger charge is 2.36. The molecule has 5 heteroatoms. The summed E-state index contributed by atoms with van der Waals surface area (Å²) in [4.78, 5) is 4.46. The summed E-state index contributed by atoms with van der Waals surface area (Å²) in [5.74, 6) is 1.18. The van der Waals surface area contributed by atoms with E-state index in [1.807, 2.05) is 13.8 Å². The lowest BCUT2D eigenvalue weighted by molar-refractivity contribution is -0.0306. The Morgan fingerprint density at radius 1 is 1.29 bits per heavy atom. The van der Waals surface area contributed by atoms with Crippen molar-refractivity contribution < 1.29 is 9.26 Å². The minimum Gasteiger partial charge on any atom is -0.370 e. The standard InChI is InChI=1S/C12H23N3O2/c1-6-12(7-2,16-5)9-14-10(17-15-9)11(3,4)8-13/h6-8,13H2,1-5H3. The van der Waals surface area contributed by atoms with Crippen LogP contribution in [-0.2, 0) is 15.8 Å². The van der Waals surface area contributed by atoms with Crippen molar-refractivity contribution >= 4 is 0 Å². The number of aromatic nitrogens is 2. The van der Waals surface area contributed by atoms with Crippen LogP contribution in [0.3, 0.4) is 0 Å². The van der Waals surface area contributed by atoms with Crippen molar-refractivity contribution in [2.75, 3.05) is 13.7 Å². The lowest BCUT2D eigenvalue weighted by Crippen LogP contribution is -2.30. The van der Waals surface area contributed by atoms with Crippen molar-refractivity contribution in [2.24, 2.45) is 5.73 Å². The van der Waals surface area contributed by atoms with Crippen LogP contribution in [0.2, 0.25) is 0 Å². The fraction of sp³-hybridized carbons (Fsp3) is 0.833. The van der Waals surface area contributed by atoms with E-state index in [1.165, 1.54) is 0 Å². The van der Waals surface area contributed by atoms with Crippen molar-refractivity contribution in [1.82, 2.24) is 10.1 Å². The first kappa shape index (κ1) is 14.1. The molecule has 1 aromatic heterocycles. The van der Waals surface area contributed by atoms with Crippen molar-refractivity contribution in [3.8, 4) is 0 Å². The van der Waals surface area contributed by atoms with Crippen LogP contribution in [0.1, 0.15) is 52.3 Å². The normalized spacial score (nSPS) is 13.1. The second-order valence-electron chi connectivity index (χ2n) is 4.92. The summed E-state index contributed by atoms with van der Waals surface area (Å²) >= 11 is 0. The molecule has 2 N–H and O–H groups in total. The number of hydrogen-bond acceptors (Lipinski definition) is 5. The molecule has 0 aliphatic rings. The van der Waals surface area contributed by atoms with Crippen LogP contribution < -0.4 is 5.73 Å². The highest BCUT2D eigenvalue weighted by molar-refractivity contribution is 5.06. The Kier molecular flexibility index (Phi) is 4.27. The van der Waals surface area contributed by atoms with Gasteiger partial charge in [-0.15, -0.1) is 0 Å². The molecule has 1 rings (SSSR count). The zero-order valence-corrected chi connectivity index (χ0v) is 11.4. The van der Waals surface area contributed by atoms with Gasteiger partial charge in [-0.25, -0.2) is 0 Å². The quantitative estimate of drug-likeness (QED) is 0.824. The zero-order valence-electron chi connectivity index (χ0n) is 11.4. The maximum atomic E-state index is 5.70. The molecular formula is C12H23N3O2. The Labute approximate surface area is 103 Å². The Hall–Kier alpha value is -0.940. The molecule has 0 saturated heterocycles. The summed E-state index contributed by atoms with van der Waals surface area (Å²) in [5.41, 5.74) is 4.94. The van der Waals surface area contributed by atoms with E-state index in [-0.39, 0.29) is 5.41 Å². The molecule has 0 atom stereocenters. The Morgan fingerprint density at radius 3 is 2.29 bits per heavy atom. The van der Waals surface area contributed by atoms with Crippen LogP contribution in [0.25, 0.3) is 0 Å². The predicted molar refractivity (Wildman–Crippen MR) is 65.6 cm³/mol. The van der Waals surface area contributed by atoms with Crippen molar-refractivity contribution in [2.45, 2.75) is 51.6 Å². The molecule has 0 aromatic carbocycles. The van der Waals surface area contributed by atoms with E-state index in [4.69, 9.17) is 15.0 Å². The van der Waals surface area contributed by atoms with Gasteiger partial charge in [0.25, 0.3) is 0 Å². The summed E-state index contributed by atoms with van der Waals surface area (Å²) < 4.78 is 10.9. The number of hydrogen-bond donors (Lipinski definition) is 1. The first-order chi connectivity index (χ1) is 7.95. The fourth-order valence-corrected chi connectivity index (χ4v) is 1.72. The molecule has 0 radical (unpaired) electrons. The minimum atomic E-state index is -0.452. The molecule has 0 unspecified atom stereocenters. The fourth-order valence-electron chi connectivity index (χ4n) is 1.72. The average molecular weight is 241 g/mol. The summed E-state index contributed by atoms with van der Waals surface area (Å²) in [7, 11) is 1.68. The Balaban J connectivity index is 3.09. The van der Waals surface area contributed by atoms with Gasteiger partial charge in [-0.1, -0.05) is 19.0 Å². The molecule has 5 nitrogen and oxygen atoms in total. The van der Waals surface area contributed by atoms with E-state index in [2.05, 4.69) is 24.0 Å². The van der Waals surface area contributed by atoms with Gasteiger partial charge in [-0.05, 0) is 26.7 Å². The molecule has 1 aromatic rings. The molecule has 17 heavy (non-hydrogen) atoms. The van der Waals surface area contributed by atoms with Crippen LogP contribution in [-0.4, -0.2) is 23.8 Å². The van der Waals surface area contributed by atoms with E-state index in [9.17, 15) is 0 Å². The maximum Gasteiger partial charge on any atom is 0.233 e. The number of methoxy groups -OCH3 is 1. The SMILES string of the molecule is CCC(CC)(OC)c1noc(C(C)(C)CN)n1. The van der Waals surface area contributed by atoms with E-state index in [0.29, 0.717) is 18.3 Å². The average Bonchev–Trinajstić information content (AvgIpc) is 2.83. The summed E-state index contributed by atoms with van der Waals surface area (Å²) in [6.07, 6.45) is 1.62. The van der Waals surface area contributed by atoms with E-state index in [0.717, 1.165) is 12.8 Å². The molecule has 1 heterocycles. The van der Waals surface area contributed by atoms with E-state index in [1.54, 1.807) is 7.11 Å². The number of nitrogens with zero attached hydrogens (tertiary/aromatic N) is 2. The van der Waals surface area contributed by atoms with Crippen LogP contribution >= 0.6 is 0 Å². The smallest absolute Gasteiger partial charge is 0.233 e. The van der Waals surface area contributed by atoms with Gasteiger partial charge < -0.3 is 15.0 Å². The first-order valence-electron chi connectivity index (χ1n) is 6.05. The van der Waals surface area contributed by atoms with Gasteiger partial charge in [0, 0.05) is 13.7 Å². The summed E-state index contributed by atoms with van der Waals surface area (Å²) in [5, 5.41) is 4.05. The lowest BCUT2D eigenvalue weighted by atomic mass is 9.93. The molecule has 0 aliphatic heterocycles. The highest BCUT2D eigenvalue weighted by atomic mass is 16.5. The third-order valence-electron chi connectivity index (χ3n) is 3.46. The second-order valence-corrected chi connectivity index (χ2v) is 4.92. The number of ether oxygens (including phenoxy) is 1. The van der Waals surface area contributed by atoms with Gasteiger partial charge >= 0.3 is 0 Å². The molecule has 0 amide bonds. The van der Waals surface area contributed by atoms with Crippen molar-refractivity contribution in [1.29, 1.82) is 0 Å². The van der Waals surface area contributed by atoms with Crippen molar-refractivity contribution in [3.05, 3.63) is 11.7 Å². The molecule has 0 saturated carbocycles. The first-order valence-corrected chi connectivity index (χ1v) is 6.05.